The van der Waals surface area contributed by atoms with Crippen LogP contribution in [0.4, 0.5) is 22.9 Å². The van der Waals surface area contributed by atoms with Crippen LogP contribution in [0.5, 0.6) is 0 Å². The van der Waals surface area contributed by atoms with Crippen LogP contribution in [0.15, 0.2) is 72.4 Å². The fourth-order valence-corrected chi connectivity index (χ4v) is 4.46. The van der Waals surface area contributed by atoms with E-state index in [1.807, 2.05) is 60.7 Å². The number of rotatable bonds is 4. The lowest BCUT2D eigenvalue weighted by atomic mass is 10.1. The number of fused-ring (bicyclic) bond motifs is 2. The number of benzene rings is 3. The van der Waals surface area contributed by atoms with Gasteiger partial charge in [0, 0.05) is 38.8 Å². The van der Waals surface area contributed by atoms with Crippen molar-refractivity contribution in [3.63, 3.8) is 0 Å². The molecule has 0 unspecified atom stereocenters. The van der Waals surface area contributed by atoms with E-state index in [9.17, 15) is 4.79 Å². The molecule has 0 aliphatic carbocycles. The van der Waals surface area contributed by atoms with Gasteiger partial charge in [0.2, 0.25) is 0 Å². The van der Waals surface area contributed by atoms with Crippen LogP contribution in [0.3, 0.4) is 0 Å². The highest BCUT2D eigenvalue weighted by molar-refractivity contribution is 7.18. The summed E-state index contributed by atoms with van der Waals surface area (Å²) in [7, 11) is 0. The van der Waals surface area contributed by atoms with E-state index in [1.165, 1.54) is 17.7 Å². The molecule has 2 aromatic heterocycles. The predicted octanol–water partition coefficient (Wildman–Crippen LogP) is 5.40. The van der Waals surface area contributed by atoms with Crippen LogP contribution >= 0.6 is 11.3 Å². The molecule has 0 spiro atoms. The van der Waals surface area contributed by atoms with Crippen molar-refractivity contribution < 1.29 is 4.79 Å². The van der Waals surface area contributed by atoms with Gasteiger partial charge in [-0.2, -0.15) is 0 Å². The number of thiophene rings is 1. The Morgan fingerprint density at radius 1 is 0.969 bits per heavy atom. The summed E-state index contributed by atoms with van der Waals surface area (Å²) >= 11 is 1.36. The van der Waals surface area contributed by atoms with Crippen LogP contribution < -0.4 is 16.4 Å². The average Bonchev–Trinajstić information content (AvgIpc) is 3.26. The number of hydrogen-bond acceptors (Lipinski definition) is 6. The molecule has 154 valence electrons. The zero-order valence-electron chi connectivity index (χ0n) is 16.8. The molecular formula is C25H17N5OS. The summed E-state index contributed by atoms with van der Waals surface area (Å²) in [6.07, 6.45) is 6.81. The standard InChI is InChI=1S/C25H17N5OS/c1-2-15-9-11-16(12-10-15)29-20-7-3-6-18-17(20)5-4-8-21(18)30-25(31)19-13-32-23-22(19)27-14-28-24(23)26/h1,3-14,29H,(H,30,31)(H2,26,27,28). The number of nitrogens with one attached hydrogen (secondary N) is 2. The summed E-state index contributed by atoms with van der Waals surface area (Å²) in [5.41, 5.74) is 10.3. The molecule has 4 N–H and O–H groups in total. The van der Waals surface area contributed by atoms with Gasteiger partial charge in [-0.05, 0) is 36.4 Å². The highest BCUT2D eigenvalue weighted by Crippen LogP contribution is 2.33. The van der Waals surface area contributed by atoms with Crippen LogP contribution in [0.25, 0.3) is 21.0 Å². The fraction of sp³-hybridized carbons (Fsp3) is 0. The van der Waals surface area contributed by atoms with Crippen LogP contribution in [0.1, 0.15) is 15.9 Å². The average molecular weight is 436 g/mol. The molecule has 32 heavy (non-hydrogen) atoms. The molecule has 7 heteroatoms. The summed E-state index contributed by atoms with van der Waals surface area (Å²) < 4.78 is 0.706. The Kier molecular flexibility index (Phi) is 4.90. The molecule has 0 aliphatic rings. The van der Waals surface area contributed by atoms with Crippen LogP contribution in [-0.2, 0) is 0 Å². The van der Waals surface area contributed by atoms with Gasteiger partial charge in [0.1, 0.15) is 12.1 Å². The van der Waals surface area contributed by atoms with Gasteiger partial charge in [0.25, 0.3) is 5.91 Å². The van der Waals surface area contributed by atoms with E-state index in [-0.39, 0.29) is 5.91 Å². The van der Waals surface area contributed by atoms with Crippen LogP contribution in [-0.4, -0.2) is 15.9 Å². The first-order valence-corrected chi connectivity index (χ1v) is 10.7. The number of carbonyl (C=O) groups is 1. The first-order valence-electron chi connectivity index (χ1n) is 9.78. The Morgan fingerprint density at radius 2 is 1.69 bits per heavy atom. The van der Waals surface area contributed by atoms with Crippen molar-refractivity contribution >= 4 is 61.1 Å². The van der Waals surface area contributed by atoms with Crippen molar-refractivity contribution in [2.24, 2.45) is 0 Å². The number of nitrogens with zero attached hydrogens (tertiary/aromatic N) is 2. The maximum absolute atomic E-state index is 13.0. The smallest absolute Gasteiger partial charge is 0.258 e. The lowest BCUT2D eigenvalue weighted by molar-refractivity contribution is 0.102. The molecule has 1 amide bonds. The molecule has 5 rings (SSSR count). The molecule has 0 atom stereocenters. The fourth-order valence-electron chi connectivity index (χ4n) is 3.55. The van der Waals surface area contributed by atoms with Gasteiger partial charge >= 0.3 is 0 Å². The lowest BCUT2D eigenvalue weighted by Crippen LogP contribution is -2.12. The number of nitrogen functional groups attached to an aromatic ring is 1. The van der Waals surface area contributed by atoms with E-state index in [1.54, 1.807) is 5.38 Å². The quantitative estimate of drug-likeness (QED) is 0.329. The van der Waals surface area contributed by atoms with Crippen molar-refractivity contribution in [3.05, 3.63) is 83.5 Å². The van der Waals surface area contributed by atoms with Crippen LogP contribution in [0.2, 0.25) is 0 Å². The molecule has 0 radical (unpaired) electrons. The van der Waals surface area contributed by atoms with Gasteiger partial charge in [-0.15, -0.1) is 17.8 Å². The SMILES string of the molecule is C#Cc1ccc(Nc2cccc3c(NC(=O)c4csc5c(N)ncnc45)cccc23)cc1. The molecule has 0 bridgehead atoms. The van der Waals surface area contributed by atoms with E-state index >= 15 is 0 Å². The Hall–Kier alpha value is -4.41. The molecule has 5 aromatic rings. The van der Waals surface area contributed by atoms with Gasteiger partial charge in [-0.25, -0.2) is 9.97 Å². The lowest BCUT2D eigenvalue weighted by Gasteiger charge is -2.13. The number of amides is 1. The van der Waals surface area contributed by atoms with E-state index in [0.29, 0.717) is 27.3 Å². The third kappa shape index (κ3) is 3.49. The minimum Gasteiger partial charge on any atom is -0.382 e. The van der Waals surface area contributed by atoms with E-state index < -0.39 is 0 Å². The van der Waals surface area contributed by atoms with Gasteiger partial charge < -0.3 is 16.4 Å². The summed E-state index contributed by atoms with van der Waals surface area (Å²) in [5.74, 6) is 2.74. The Morgan fingerprint density at radius 3 is 2.44 bits per heavy atom. The predicted molar refractivity (Wildman–Crippen MR) is 131 cm³/mol. The topological polar surface area (TPSA) is 92.9 Å². The third-order valence-electron chi connectivity index (χ3n) is 5.13. The molecule has 0 aliphatic heterocycles. The molecule has 3 aromatic carbocycles. The zero-order valence-corrected chi connectivity index (χ0v) is 17.6. The van der Waals surface area contributed by atoms with Crippen molar-refractivity contribution in [1.82, 2.24) is 9.97 Å². The normalized spacial score (nSPS) is 10.7. The number of hydrogen-bond donors (Lipinski definition) is 3. The zero-order chi connectivity index (χ0) is 22.1. The highest BCUT2D eigenvalue weighted by Gasteiger charge is 2.17. The minimum absolute atomic E-state index is 0.245. The Bertz CT molecular complexity index is 1520. The molecular weight excluding hydrogens is 418 g/mol. The first-order chi connectivity index (χ1) is 15.6. The number of anilines is 4. The number of carbonyl (C=O) groups excluding carboxylic acids is 1. The van der Waals surface area contributed by atoms with E-state index in [0.717, 1.165) is 27.7 Å². The molecule has 0 fully saturated rings. The second-order valence-corrected chi connectivity index (χ2v) is 7.97. The third-order valence-corrected chi connectivity index (χ3v) is 6.12. The minimum atomic E-state index is -0.245. The summed E-state index contributed by atoms with van der Waals surface area (Å²) in [4.78, 5) is 21.3. The monoisotopic (exact) mass is 435 g/mol. The van der Waals surface area contributed by atoms with E-state index in [2.05, 4.69) is 26.5 Å². The van der Waals surface area contributed by atoms with Gasteiger partial charge in [-0.1, -0.05) is 30.2 Å². The Labute approximate surface area is 188 Å². The van der Waals surface area contributed by atoms with E-state index in [4.69, 9.17) is 12.2 Å². The largest absolute Gasteiger partial charge is 0.382 e. The summed E-state index contributed by atoms with van der Waals surface area (Å²) in [6, 6.07) is 19.4. The number of aromatic nitrogens is 2. The summed E-state index contributed by atoms with van der Waals surface area (Å²) in [6.45, 7) is 0. The molecule has 6 nitrogen and oxygen atoms in total. The maximum atomic E-state index is 13.0. The summed E-state index contributed by atoms with van der Waals surface area (Å²) in [5, 5.41) is 10.1. The van der Waals surface area contributed by atoms with Crippen molar-refractivity contribution in [2.45, 2.75) is 0 Å². The number of terminal acetylenes is 1. The second-order valence-electron chi connectivity index (χ2n) is 7.09. The van der Waals surface area contributed by atoms with Crippen LogP contribution in [0, 0.1) is 12.3 Å². The van der Waals surface area contributed by atoms with Crippen molar-refractivity contribution in [3.8, 4) is 12.3 Å². The van der Waals surface area contributed by atoms with Crippen molar-refractivity contribution in [1.29, 1.82) is 0 Å². The Balaban J connectivity index is 1.48. The molecule has 2 heterocycles. The van der Waals surface area contributed by atoms with Crippen molar-refractivity contribution in [2.75, 3.05) is 16.4 Å². The maximum Gasteiger partial charge on any atom is 0.258 e. The number of nitrogens with two attached hydrogens (primary N) is 1. The molecule has 0 saturated carbocycles. The van der Waals surface area contributed by atoms with Gasteiger partial charge in [0.15, 0.2) is 0 Å². The highest BCUT2D eigenvalue weighted by atomic mass is 32.1. The van der Waals surface area contributed by atoms with Gasteiger partial charge in [-0.3, -0.25) is 4.79 Å². The first kappa shape index (κ1) is 19.5. The molecule has 0 saturated heterocycles. The van der Waals surface area contributed by atoms with Gasteiger partial charge in [0.05, 0.1) is 15.8 Å². The second kappa shape index (κ2) is 8.02.